The molecule has 6 heteroatoms. The third-order valence-electron chi connectivity index (χ3n) is 4.20. The number of nitrogens with zero attached hydrogens (tertiary/aromatic N) is 2. The maximum absolute atomic E-state index is 13.3. The van der Waals surface area contributed by atoms with E-state index in [0.29, 0.717) is 4.88 Å². The molecule has 1 atom stereocenters. The number of fused-ring (bicyclic) bond motifs is 1. The molecule has 1 N–H and O–H groups in total. The number of aromatic nitrogens is 1. The number of thiophene rings is 1. The number of carbonyl (C=O) groups is 1. The van der Waals surface area contributed by atoms with Gasteiger partial charge < -0.3 is 10.2 Å². The van der Waals surface area contributed by atoms with Crippen LogP contribution in [0.5, 0.6) is 0 Å². The Balaban J connectivity index is 1.44. The number of benzene rings is 1. The highest BCUT2D eigenvalue weighted by Gasteiger charge is 2.25. The zero-order valence-corrected chi connectivity index (χ0v) is 13.7. The van der Waals surface area contributed by atoms with Gasteiger partial charge in [0.15, 0.2) is 0 Å². The van der Waals surface area contributed by atoms with Gasteiger partial charge in [-0.05, 0) is 48.2 Å². The van der Waals surface area contributed by atoms with E-state index in [1.165, 1.54) is 23.5 Å². The minimum Gasteiger partial charge on any atom is -0.354 e. The Morgan fingerprint density at radius 3 is 3.04 bits per heavy atom. The SMILES string of the molecule is O=C(NC1CCN(c2ccccn2)C1)c1cc2cc(F)ccc2s1. The molecular formula is C18H16FN3OS. The van der Waals surface area contributed by atoms with Gasteiger partial charge in [0, 0.05) is 30.0 Å². The molecule has 0 saturated carbocycles. The highest BCUT2D eigenvalue weighted by atomic mass is 32.1. The van der Waals surface area contributed by atoms with Crippen molar-refractivity contribution < 1.29 is 9.18 Å². The van der Waals surface area contributed by atoms with Crippen LogP contribution in [0.25, 0.3) is 10.1 Å². The zero-order chi connectivity index (χ0) is 16.5. The van der Waals surface area contributed by atoms with Gasteiger partial charge in [-0.2, -0.15) is 0 Å². The lowest BCUT2D eigenvalue weighted by molar-refractivity contribution is 0.0944. The summed E-state index contributed by atoms with van der Waals surface area (Å²) in [5.41, 5.74) is 0. The molecule has 1 aromatic carbocycles. The smallest absolute Gasteiger partial charge is 0.261 e. The highest BCUT2D eigenvalue weighted by Crippen LogP contribution is 2.26. The molecule has 2 aromatic heterocycles. The van der Waals surface area contributed by atoms with Crippen molar-refractivity contribution >= 4 is 33.1 Å². The Kier molecular flexibility index (Phi) is 3.90. The third kappa shape index (κ3) is 2.97. The monoisotopic (exact) mass is 341 g/mol. The van der Waals surface area contributed by atoms with Gasteiger partial charge in [0.25, 0.3) is 5.91 Å². The molecule has 4 rings (SSSR count). The molecule has 1 saturated heterocycles. The Hall–Kier alpha value is -2.47. The van der Waals surface area contributed by atoms with Gasteiger partial charge in [-0.15, -0.1) is 11.3 Å². The van der Waals surface area contributed by atoms with Gasteiger partial charge >= 0.3 is 0 Å². The Bertz CT molecular complexity index is 880. The largest absolute Gasteiger partial charge is 0.354 e. The average molecular weight is 341 g/mol. The molecule has 0 radical (unpaired) electrons. The summed E-state index contributed by atoms with van der Waals surface area (Å²) < 4.78 is 14.2. The number of carbonyl (C=O) groups excluding carboxylic acids is 1. The van der Waals surface area contributed by atoms with Gasteiger partial charge in [0.1, 0.15) is 11.6 Å². The van der Waals surface area contributed by atoms with E-state index in [1.54, 1.807) is 18.3 Å². The minimum absolute atomic E-state index is 0.0931. The van der Waals surface area contributed by atoms with Crippen LogP contribution in [-0.4, -0.2) is 30.0 Å². The first kappa shape index (κ1) is 15.1. The van der Waals surface area contributed by atoms with Crippen molar-refractivity contribution in [3.8, 4) is 0 Å². The first-order chi connectivity index (χ1) is 11.7. The lowest BCUT2D eigenvalue weighted by Crippen LogP contribution is -2.36. The lowest BCUT2D eigenvalue weighted by atomic mass is 10.2. The summed E-state index contributed by atoms with van der Waals surface area (Å²) in [4.78, 5) is 19.6. The summed E-state index contributed by atoms with van der Waals surface area (Å²) in [5.74, 6) is 0.560. The molecule has 122 valence electrons. The molecule has 1 aliphatic heterocycles. The van der Waals surface area contributed by atoms with Gasteiger partial charge in [-0.25, -0.2) is 9.37 Å². The second-order valence-corrected chi connectivity index (χ2v) is 6.97. The fourth-order valence-electron chi connectivity index (χ4n) is 3.01. The molecule has 1 aliphatic rings. The predicted octanol–water partition coefficient (Wildman–Crippen LogP) is 3.44. The zero-order valence-electron chi connectivity index (χ0n) is 12.9. The van der Waals surface area contributed by atoms with Crippen molar-refractivity contribution in [1.82, 2.24) is 10.3 Å². The summed E-state index contributed by atoms with van der Waals surface area (Å²) in [6.07, 6.45) is 2.67. The number of nitrogens with one attached hydrogen (secondary N) is 1. The molecule has 24 heavy (non-hydrogen) atoms. The second kappa shape index (κ2) is 6.20. The van der Waals surface area contributed by atoms with E-state index >= 15 is 0 Å². The van der Waals surface area contributed by atoms with E-state index in [2.05, 4.69) is 15.2 Å². The molecule has 1 fully saturated rings. The summed E-state index contributed by atoms with van der Waals surface area (Å²) >= 11 is 1.39. The van der Waals surface area contributed by atoms with Gasteiger partial charge in [0.2, 0.25) is 0 Å². The summed E-state index contributed by atoms with van der Waals surface area (Å²) in [7, 11) is 0. The quantitative estimate of drug-likeness (QED) is 0.794. The van der Waals surface area contributed by atoms with Crippen molar-refractivity contribution in [2.75, 3.05) is 18.0 Å². The molecule has 3 heterocycles. The van der Waals surface area contributed by atoms with E-state index < -0.39 is 0 Å². The number of halogens is 1. The molecule has 0 spiro atoms. The maximum Gasteiger partial charge on any atom is 0.261 e. The van der Waals surface area contributed by atoms with Crippen LogP contribution < -0.4 is 10.2 Å². The fourth-order valence-corrected chi connectivity index (χ4v) is 3.96. The molecular weight excluding hydrogens is 325 g/mol. The van der Waals surface area contributed by atoms with Crippen molar-refractivity contribution in [1.29, 1.82) is 0 Å². The second-order valence-electron chi connectivity index (χ2n) is 5.89. The number of pyridine rings is 1. The predicted molar refractivity (Wildman–Crippen MR) is 94.1 cm³/mol. The number of rotatable bonds is 3. The molecule has 1 unspecified atom stereocenters. The van der Waals surface area contributed by atoms with Gasteiger partial charge in [-0.3, -0.25) is 4.79 Å². The van der Waals surface area contributed by atoms with Gasteiger partial charge in [-0.1, -0.05) is 6.07 Å². The van der Waals surface area contributed by atoms with Crippen LogP contribution in [0, 0.1) is 5.82 Å². The fraction of sp³-hybridized carbons (Fsp3) is 0.222. The normalized spacial score (nSPS) is 17.4. The molecule has 0 aliphatic carbocycles. The van der Waals surface area contributed by atoms with E-state index in [0.717, 1.165) is 35.4 Å². The summed E-state index contributed by atoms with van der Waals surface area (Å²) in [6.45, 7) is 1.63. The first-order valence-corrected chi connectivity index (χ1v) is 8.66. The van der Waals surface area contributed by atoms with E-state index in [4.69, 9.17) is 0 Å². The summed E-state index contributed by atoms with van der Waals surface area (Å²) in [6, 6.07) is 12.3. The standard InChI is InChI=1S/C18H16FN3OS/c19-13-4-5-15-12(9-13)10-16(24-15)18(23)21-14-6-8-22(11-14)17-3-1-2-7-20-17/h1-5,7,9-10,14H,6,8,11H2,(H,21,23). The topological polar surface area (TPSA) is 45.2 Å². The molecule has 1 amide bonds. The van der Waals surface area contributed by atoms with Crippen LogP contribution in [0.1, 0.15) is 16.1 Å². The number of hydrogen-bond donors (Lipinski definition) is 1. The van der Waals surface area contributed by atoms with Crippen LogP contribution in [0.4, 0.5) is 10.2 Å². The third-order valence-corrected chi connectivity index (χ3v) is 5.31. The Morgan fingerprint density at radius 2 is 2.21 bits per heavy atom. The molecule has 0 bridgehead atoms. The number of amides is 1. The number of hydrogen-bond acceptors (Lipinski definition) is 4. The van der Waals surface area contributed by atoms with Crippen LogP contribution in [0.3, 0.4) is 0 Å². The van der Waals surface area contributed by atoms with E-state index in [-0.39, 0.29) is 17.8 Å². The Morgan fingerprint density at radius 1 is 1.29 bits per heavy atom. The average Bonchev–Trinajstić information content (AvgIpc) is 3.22. The minimum atomic E-state index is -0.283. The van der Waals surface area contributed by atoms with Crippen molar-refractivity contribution in [3.05, 3.63) is 59.4 Å². The lowest BCUT2D eigenvalue weighted by Gasteiger charge is -2.17. The van der Waals surface area contributed by atoms with Crippen LogP contribution in [-0.2, 0) is 0 Å². The molecule has 3 aromatic rings. The van der Waals surface area contributed by atoms with E-state index in [1.807, 2.05) is 18.2 Å². The Labute approximate surface area is 142 Å². The van der Waals surface area contributed by atoms with Crippen molar-refractivity contribution in [2.45, 2.75) is 12.5 Å². The van der Waals surface area contributed by atoms with E-state index in [9.17, 15) is 9.18 Å². The van der Waals surface area contributed by atoms with Crippen molar-refractivity contribution in [2.24, 2.45) is 0 Å². The highest BCUT2D eigenvalue weighted by molar-refractivity contribution is 7.20. The van der Waals surface area contributed by atoms with Gasteiger partial charge in [0.05, 0.1) is 4.88 Å². The summed E-state index contributed by atoms with van der Waals surface area (Å²) in [5, 5.41) is 3.85. The van der Waals surface area contributed by atoms with Crippen LogP contribution in [0.2, 0.25) is 0 Å². The maximum atomic E-state index is 13.3. The van der Waals surface area contributed by atoms with Crippen LogP contribution in [0.15, 0.2) is 48.7 Å². The molecule has 4 nitrogen and oxygen atoms in total. The van der Waals surface area contributed by atoms with Crippen LogP contribution >= 0.6 is 11.3 Å². The number of anilines is 1. The first-order valence-electron chi connectivity index (χ1n) is 7.85. The van der Waals surface area contributed by atoms with Crippen molar-refractivity contribution in [3.63, 3.8) is 0 Å².